The van der Waals surface area contributed by atoms with Crippen LogP contribution in [0.2, 0.25) is 0 Å². The van der Waals surface area contributed by atoms with Crippen molar-refractivity contribution >= 4 is 52.4 Å². The topological polar surface area (TPSA) is 217 Å². The SMILES string of the molecule is CC(C)(C)OC(=O)NCCN(CCNC(=O)OC(C)(C)C)C(=O)CC(NC(=O)CCO)C(=O)NC(Cc1ccc(C(F)(F)F)cc1)C(=O)Nc1cnc2ccccc2c1. The molecule has 6 N–H and O–H groups in total. The minimum absolute atomic E-state index is 0.111. The van der Waals surface area contributed by atoms with E-state index < -0.39 is 90.3 Å². The van der Waals surface area contributed by atoms with E-state index in [1.807, 2.05) is 0 Å². The number of hydrogen-bond donors (Lipinski definition) is 6. The number of amides is 6. The number of aliphatic hydroxyl groups excluding tert-OH is 1. The summed E-state index contributed by atoms with van der Waals surface area (Å²) in [5.74, 6) is -3.33. The van der Waals surface area contributed by atoms with Crippen LogP contribution < -0.4 is 26.6 Å². The molecule has 0 radical (unpaired) electrons. The number of fused-ring (bicyclic) bond motifs is 1. The Kier molecular flexibility index (Phi) is 17.0. The molecule has 0 aliphatic rings. The lowest BCUT2D eigenvalue weighted by atomic mass is 10.0. The van der Waals surface area contributed by atoms with E-state index in [2.05, 4.69) is 31.6 Å². The Morgan fingerprint density at radius 3 is 1.90 bits per heavy atom. The number of carbonyl (C=O) groups excluding carboxylic acids is 6. The Hall–Kier alpha value is -5.98. The summed E-state index contributed by atoms with van der Waals surface area (Å²) < 4.78 is 50.4. The zero-order chi connectivity index (χ0) is 44.0. The Bertz CT molecular complexity index is 1900. The number of carbonyl (C=O) groups is 6. The van der Waals surface area contributed by atoms with Crippen LogP contribution in [0.25, 0.3) is 10.9 Å². The summed E-state index contributed by atoms with van der Waals surface area (Å²) >= 11 is 0. The van der Waals surface area contributed by atoms with E-state index in [0.717, 1.165) is 24.3 Å². The summed E-state index contributed by atoms with van der Waals surface area (Å²) in [6.07, 6.45) is -6.19. The number of ether oxygens (including phenoxy) is 2. The highest BCUT2D eigenvalue weighted by atomic mass is 19.4. The molecule has 59 heavy (non-hydrogen) atoms. The summed E-state index contributed by atoms with van der Waals surface area (Å²) in [6, 6.07) is 9.61. The summed E-state index contributed by atoms with van der Waals surface area (Å²) in [4.78, 5) is 84.5. The van der Waals surface area contributed by atoms with Crippen LogP contribution >= 0.6 is 0 Å². The van der Waals surface area contributed by atoms with Crippen molar-refractivity contribution in [1.82, 2.24) is 31.2 Å². The molecule has 0 spiro atoms. The first-order chi connectivity index (χ1) is 27.5. The van der Waals surface area contributed by atoms with Crippen LogP contribution in [-0.4, -0.2) is 107 Å². The highest BCUT2D eigenvalue weighted by Crippen LogP contribution is 2.29. The lowest BCUT2D eigenvalue weighted by Gasteiger charge is -2.27. The highest BCUT2D eigenvalue weighted by Gasteiger charge is 2.32. The zero-order valence-electron chi connectivity index (χ0n) is 33.8. The molecular formula is C40H52F3N7O9. The van der Waals surface area contributed by atoms with Gasteiger partial charge in [0, 0.05) is 44.4 Å². The van der Waals surface area contributed by atoms with Crippen LogP contribution in [0.4, 0.5) is 28.4 Å². The van der Waals surface area contributed by atoms with E-state index in [1.54, 1.807) is 71.9 Å². The van der Waals surface area contributed by atoms with Gasteiger partial charge in [-0.15, -0.1) is 0 Å². The van der Waals surface area contributed by atoms with Gasteiger partial charge in [-0.2, -0.15) is 13.2 Å². The number of anilines is 1. The number of aliphatic hydroxyl groups is 1. The van der Waals surface area contributed by atoms with Crippen molar-refractivity contribution in [2.24, 2.45) is 0 Å². The number of rotatable bonds is 17. The molecule has 0 fully saturated rings. The van der Waals surface area contributed by atoms with Crippen molar-refractivity contribution in [3.05, 3.63) is 71.9 Å². The van der Waals surface area contributed by atoms with Crippen molar-refractivity contribution in [3.63, 3.8) is 0 Å². The molecule has 2 atom stereocenters. The van der Waals surface area contributed by atoms with Crippen LogP contribution in [0.5, 0.6) is 0 Å². The maximum absolute atomic E-state index is 14.0. The first-order valence-electron chi connectivity index (χ1n) is 18.8. The maximum Gasteiger partial charge on any atom is 0.416 e. The van der Waals surface area contributed by atoms with Crippen LogP contribution in [-0.2, 0) is 41.2 Å². The molecule has 0 bridgehead atoms. The minimum atomic E-state index is -4.62. The van der Waals surface area contributed by atoms with Gasteiger partial charge in [-0.1, -0.05) is 30.3 Å². The number of nitrogens with one attached hydrogen (secondary N) is 5. The van der Waals surface area contributed by atoms with Crippen LogP contribution in [0.15, 0.2) is 60.8 Å². The van der Waals surface area contributed by atoms with E-state index in [1.165, 1.54) is 11.1 Å². The molecule has 3 aromatic rings. The third-order valence-electron chi connectivity index (χ3n) is 8.03. The van der Waals surface area contributed by atoms with Crippen LogP contribution in [0.1, 0.15) is 65.5 Å². The normalized spacial score (nSPS) is 12.7. The standard InChI is InChI=1S/C40H52F3N7O9/c1-38(2,3)58-36(56)44-16-18-50(19-17-45-37(57)59-39(4,5)6)33(53)23-31(48-32(52)15-20-51)35(55)49-30(21-25-11-13-27(14-12-25)40(41,42)43)34(54)47-28-22-26-9-7-8-10-29(26)46-24-28/h7-14,22,24,30-31,51H,15-21,23H2,1-6H3,(H,44,56)(H,45,57)(H,47,54)(H,48,52)(H,49,55). The Morgan fingerprint density at radius 2 is 1.36 bits per heavy atom. The van der Waals surface area contributed by atoms with Crippen molar-refractivity contribution in [2.75, 3.05) is 38.1 Å². The monoisotopic (exact) mass is 831 g/mol. The number of alkyl carbamates (subject to hydrolysis) is 2. The van der Waals surface area contributed by atoms with Crippen LogP contribution in [0.3, 0.4) is 0 Å². The van der Waals surface area contributed by atoms with Gasteiger partial charge in [-0.25, -0.2) is 9.59 Å². The number of nitrogens with zero attached hydrogens (tertiary/aromatic N) is 2. The fourth-order valence-corrected chi connectivity index (χ4v) is 5.37. The summed E-state index contributed by atoms with van der Waals surface area (Å²) in [5.41, 5.74) is -1.41. The van der Waals surface area contributed by atoms with Gasteiger partial charge in [-0.3, -0.25) is 24.2 Å². The molecule has 3 rings (SSSR count). The van der Waals surface area contributed by atoms with Crippen molar-refractivity contribution < 1.29 is 56.5 Å². The summed E-state index contributed by atoms with van der Waals surface area (Å²) in [7, 11) is 0. The molecule has 0 saturated carbocycles. The molecule has 19 heteroatoms. The molecule has 6 amide bonds. The zero-order valence-corrected chi connectivity index (χ0v) is 33.8. The molecule has 0 aliphatic heterocycles. The lowest BCUT2D eigenvalue weighted by molar-refractivity contribution is -0.138. The van der Waals surface area contributed by atoms with Gasteiger partial charge in [0.05, 0.1) is 36.0 Å². The predicted molar refractivity (Wildman–Crippen MR) is 211 cm³/mol. The molecule has 1 aromatic heterocycles. The maximum atomic E-state index is 14.0. The first kappa shape index (κ1) is 47.4. The van der Waals surface area contributed by atoms with Gasteiger partial charge in [0.2, 0.25) is 23.6 Å². The summed E-state index contributed by atoms with van der Waals surface area (Å²) in [5, 5.41) is 22.7. The number of aromatic nitrogens is 1. The third kappa shape index (κ3) is 17.2. The van der Waals surface area contributed by atoms with Crippen molar-refractivity contribution in [1.29, 1.82) is 0 Å². The second-order valence-electron chi connectivity index (χ2n) is 15.4. The van der Waals surface area contributed by atoms with Crippen LogP contribution in [0, 0.1) is 0 Å². The Balaban J connectivity index is 1.89. The first-order valence-corrected chi connectivity index (χ1v) is 18.8. The van der Waals surface area contributed by atoms with Gasteiger partial charge >= 0.3 is 18.4 Å². The number of para-hydroxylation sites is 1. The quantitative estimate of drug-likeness (QED) is 0.115. The largest absolute Gasteiger partial charge is 0.444 e. The number of halogens is 3. The van der Waals surface area contributed by atoms with E-state index in [-0.39, 0.29) is 43.9 Å². The van der Waals surface area contributed by atoms with Crippen molar-refractivity contribution in [3.8, 4) is 0 Å². The van der Waals surface area contributed by atoms with E-state index in [0.29, 0.717) is 10.9 Å². The van der Waals surface area contributed by atoms with Gasteiger partial charge in [0.15, 0.2) is 0 Å². The molecule has 2 aromatic carbocycles. The van der Waals surface area contributed by atoms with Crippen molar-refractivity contribution in [2.45, 2.75) is 90.3 Å². The third-order valence-corrected chi connectivity index (χ3v) is 8.03. The molecule has 322 valence electrons. The second kappa shape index (κ2) is 21.1. The number of alkyl halides is 3. The number of hydrogen-bond acceptors (Lipinski definition) is 10. The lowest BCUT2D eigenvalue weighted by Crippen LogP contribution is -2.55. The molecule has 2 unspecified atom stereocenters. The highest BCUT2D eigenvalue weighted by molar-refractivity contribution is 6.00. The number of pyridine rings is 1. The Labute approximate surface area is 340 Å². The second-order valence-corrected chi connectivity index (χ2v) is 15.4. The molecule has 0 aliphatic carbocycles. The molecule has 1 heterocycles. The number of benzene rings is 2. The molecule has 0 saturated heterocycles. The fourth-order valence-electron chi connectivity index (χ4n) is 5.37. The van der Waals surface area contributed by atoms with Gasteiger partial charge in [0.1, 0.15) is 23.3 Å². The molecule has 16 nitrogen and oxygen atoms in total. The average molecular weight is 832 g/mol. The summed E-state index contributed by atoms with van der Waals surface area (Å²) in [6.45, 7) is 8.92. The fraction of sp³-hybridized carbons (Fsp3) is 0.475. The average Bonchev–Trinajstić information content (AvgIpc) is 3.12. The minimum Gasteiger partial charge on any atom is -0.444 e. The van der Waals surface area contributed by atoms with Gasteiger partial charge in [-0.05, 0) is 71.4 Å². The molecular weight excluding hydrogens is 779 g/mol. The van der Waals surface area contributed by atoms with E-state index >= 15 is 0 Å². The van der Waals surface area contributed by atoms with E-state index in [9.17, 15) is 47.0 Å². The van der Waals surface area contributed by atoms with Gasteiger partial charge in [0.25, 0.3) is 0 Å². The van der Waals surface area contributed by atoms with Gasteiger partial charge < -0.3 is 46.1 Å². The van der Waals surface area contributed by atoms with E-state index in [4.69, 9.17) is 9.47 Å². The predicted octanol–water partition coefficient (Wildman–Crippen LogP) is 4.05. The Morgan fingerprint density at radius 1 is 0.780 bits per heavy atom. The smallest absolute Gasteiger partial charge is 0.416 e.